The number of fused-ring (bicyclic) bond motifs is 4. The van der Waals surface area contributed by atoms with Crippen molar-refractivity contribution in [3.05, 3.63) is 122 Å². The van der Waals surface area contributed by atoms with E-state index in [1.165, 1.54) is 6.42 Å². The summed E-state index contributed by atoms with van der Waals surface area (Å²) in [6, 6.07) is 18.2. The molecule has 12 heteroatoms. The lowest BCUT2D eigenvalue weighted by Crippen LogP contribution is -2.34. The average Bonchev–Trinajstić information content (AvgIpc) is 3.74. The van der Waals surface area contributed by atoms with Crippen molar-refractivity contribution in [3.8, 4) is 11.5 Å². The average molecular weight is 887 g/mol. The fourth-order valence-electron chi connectivity index (χ4n) is 9.80. The van der Waals surface area contributed by atoms with Gasteiger partial charge >= 0.3 is 0 Å². The van der Waals surface area contributed by atoms with Crippen LogP contribution in [0.1, 0.15) is 145 Å². The summed E-state index contributed by atoms with van der Waals surface area (Å²) in [5.74, 6) is 2.41. The summed E-state index contributed by atoms with van der Waals surface area (Å²) < 4.78 is 17.2. The molecule has 7 heterocycles. The molecule has 0 radical (unpaired) electrons. The third-order valence-corrected chi connectivity index (χ3v) is 13.5. The molecule has 6 aromatic rings. The van der Waals surface area contributed by atoms with Crippen molar-refractivity contribution in [2.45, 2.75) is 110 Å². The number of nitrogens with zero attached hydrogens (tertiary/aromatic N) is 5. The number of hydrogen-bond donors (Lipinski definition) is 2. The first kappa shape index (κ1) is 41.0. The number of ether oxygens (including phenoxy) is 2. The van der Waals surface area contributed by atoms with Gasteiger partial charge in [-0.1, -0.05) is 77.9 Å². The summed E-state index contributed by atoms with van der Waals surface area (Å²) in [6.07, 6.45) is 8.82. The molecule has 2 aromatic carbocycles. The van der Waals surface area contributed by atoms with E-state index in [0.29, 0.717) is 43.6 Å². The maximum absolute atomic E-state index is 14.4. The maximum Gasteiger partial charge on any atom is 0.253 e. The van der Waals surface area contributed by atoms with Crippen LogP contribution in [0.25, 0.3) is 11.0 Å². The number of piperidine rings is 1. The minimum atomic E-state index is -0.372. The van der Waals surface area contributed by atoms with Gasteiger partial charge in [-0.05, 0) is 93.4 Å². The highest BCUT2D eigenvalue weighted by Gasteiger charge is 2.34. The third kappa shape index (κ3) is 7.55. The second kappa shape index (κ2) is 15.8. The number of amides is 2. The number of para-hydroxylation sites is 2. The number of carbonyl (C=O) groups is 2. The van der Waals surface area contributed by atoms with Crippen molar-refractivity contribution < 1.29 is 19.1 Å². The minimum absolute atomic E-state index is 0.135. The standard InChI is InChI=1S/C49H56BrN7O4/c1-29-24-38-41(48(2,3)4)34(27-51-56(38)44(29)50)46(59)54-37-19-23-61-43-30(14-13-16-33(37)43)25-31-26-39-42(49(5,6)7)35(28-52-57(39)47(31)55-20-11-8-12-21-55)45(58)53-36-18-22-60-40-17-10-9-15-32(36)40/h9-10,13-17,24,26-28,36-37H,8,11-12,18-23,25H2,1-7H3,(H,53,58)(H,54,59)/t36-,37-/m0/s1. The molecule has 0 bridgehead atoms. The lowest BCUT2D eigenvalue weighted by molar-refractivity contribution is 0.0913. The fourth-order valence-corrected chi connectivity index (χ4v) is 10.2. The van der Waals surface area contributed by atoms with Gasteiger partial charge in [0.15, 0.2) is 0 Å². The van der Waals surface area contributed by atoms with Crippen molar-refractivity contribution in [2.24, 2.45) is 0 Å². The Morgan fingerprint density at radius 3 is 2.00 bits per heavy atom. The van der Waals surface area contributed by atoms with Gasteiger partial charge in [-0.15, -0.1) is 0 Å². The smallest absolute Gasteiger partial charge is 0.253 e. The van der Waals surface area contributed by atoms with Crippen molar-refractivity contribution in [1.82, 2.24) is 29.9 Å². The first-order valence-electron chi connectivity index (χ1n) is 21.7. The van der Waals surface area contributed by atoms with E-state index in [9.17, 15) is 9.59 Å². The number of nitrogens with one attached hydrogen (secondary N) is 2. The summed E-state index contributed by atoms with van der Waals surface area (Å²) in [4.78, 5) is 31.1. The summed E-state index contributed by atoms with van der Waals surface area (Å²) in [5.41, 5.74) is 9.46. The van der Waals surface area contributed by atoms with Gasteiger partial charge in [-0.3, -0.25) is 9.59 Å². The van der Waals surface area contributed by atoms with Gasteiger partial charge < -0.3 is 25.0 Å². The summed E-state index contributed by atoms with van der Waals surface area (Å²) in [5, 5.41) is 16.5. The predicted molar refractivity (Wildman–Crippen MR) is 243 cm³/mol. The SMILES string of the molecule is Cc1cc2c(C(C)(C)C)c(C(=O)N[C@H]3CCOc4c(Cc5cc6c(C(C)(C)C)c(C(=O)N[C@H]7CCOc8ccccc87)cnn6c5N5CCCCC5)cccc43)cnn2c1Br. The highest BCUT2D eigenvalue weighted by atomic mass is 79.9. The van der Waals surface area contributed by atoms with Crippen LogP contribution in [0, 0.1) is 6.92 Å². The van der Waals surface area contributed by atoms with Gasteiger partial charge in [0.2, 0.25) is 0 Å². The molecule has 318 valence electrons. The van der Waals surface area contributed by atoms with Crippen LogP contribution in [-0.4, -0.2) is 57.3 Å². The Balaban J connectivity index is 1.07. The van der Waals surface area contributed by atoms with E-state index in [1.807, 2.05) is 35.7 Å². The molecule has 3 aliphatic heterocycles. The zero-order valence-corrected chi connectivity index (χ0v) is 37.9. The number of halogens is 1. The first-order valence-corrected chi connectivity index (χ1v) is 22.5. The Labute approximate surface area is 366 Å². The second-order valence-corrected chi connectivity index (χ2v) is 19.7. The molecule has 4 aromatic heterocycles. The van der Waals surface area contributed by atoms with Gasteiger partial charge in [-0.2, -0.15) is 10.2 Å². The van der Waals surface area contributed by atoms with Crippen LogP contribution in [0.4, 0.5) is 5.82 Å². The van der Waals surface area contributed by atoms with Crippen molar-refractivity contribution in [1.29, 1.82) is 0 Å². The molecule has 3 aliphatic rings. The van der Waals surface area contributed by atoms with Crippen LogP contribution in [-0.2, 0) is 17.3 Å². The highest BCUT2D eigenvalue weighted by molar-refractivity contribution is 9.10. The Bertz CT molecular complexity index is 2680. The maximum atomic E-state index is 14.4. The largest absolute Gasteiger partial charge is 0.493 e. The van der Waals surface area contributed by atoms with Crippen molar-refractivity contribution in [3.63, 3.8) is 0 Å². The summed E-state index contributed by atoms with van der Waals surface area (Å²) in [6.45, 7) is 17.9. The van der Waals surface area contributed by atoms with Crippen LogP contribution in [0.2, 0.25) is 0 Å². The Kier molecular flexibility index (Phi) is 10.6. The molecule has 1 fully saturated rings. The van der Waals surface area contributed by atoms with E-state index < -0.39 is 0 Å². The second-order valence-electron chi connectivity index (χ2n) is 19.0. The Morgan fingerprint density at radius 1 is 0.738 bits per heavy atom. The quantitative estimate of drug-likeness (QED) is 0.164. The van der Waals surface area contributed by atoms with Crippen molar-refractivity contribution in [2.75, 3.05) is 31.2 Å². The van der Waals surface area contributed by atoms with E-state index in [-0.39, 0.29) is 34.7 Å². The van der Waals surface area contributed by atoms with Crippen LogP contribution < -0.4 is 25.0 Å². The molecular formula is C49H56BrN7O4. The summed E-state index contributed by atoms with van der Waals surface area (Å²) >= 11 is 3.68. The number of hydrogen-bond acceptors (Lipinski definition) is 7. The molecule has 61 heavy (non-hydrogen) atoms. The van der Waals surface area contributed by atoms with E-state index in [2.05, 4.69) is 113 Å². The monoisotopic (exact) mass is 885 g/mol. The minimum Gasteiger partial charge on any atom is -0.493 e. The molecule has 0 saturated carbocycles. The van der Waals surface area contributed by atoms with Gasteiger partial charge in [0.1, 0.15) is 21.9 Å². The normalized spacial score (nSPS) is 18.0. The molecular weight excluding hydrogens is 830 g/mol. The number of aromatic nitrogens is 4. The van der Waals surface area contributed by atoms with E-state index in [1.54, 1.807) is 12.4 Å². The number of rotatable bonds is 7. The molecule has 2 N–H and O–H groups in total. The summed E-state index contributed by atoms with van der Waals surface area (Å²) in [7, 11) is 0. The van der Waals surface area contributed by atoms with Crippen LogP contribution in [0.3, 0.4) is 0 Å². The van der Waals surface area contributed by atoms with Crippen molar-refractivity contribution >= 4 is 44.6 Å². The lowest BCUT2D eigenvalue weighted by Gasteiger charge is -2.31. The van der Waals surface area contributed by atoms with Gasteiger partial charge in [0, 0.05) is 49.0 Å². The fraction of sp³-hybridized carbons (Fsp3) is 0.429. The predicted octanol–water partition coefficient (Wildman–Crippen LogP) is 9.74. The highest BCUT2D eigenvalue weighted by Crippen LogP contribution is 2.42. The lowest BCUT2D eigenvalue weighted by atomic mass is 9.83. The third-order valence-electron chi connectivity index (χ3n) is 12.5. The van der Waals surface area contributed by atoms with Gasteiger partial charge in [-0.25, -0.2) is 9.03 Å². The molecule has 9 rings (SSSR count). The molecule has 1 saturated heterocycles. The Hall–Kier alpha value is -5.36. The molecule has 11 nitrogen and oxygen atoms in total. The molecule has 0 spiro atoms. The first-order chi connectivity index (χ1) is 29.2. The number of anilines is 1. The zero-order chi connectivity index (χ0) is 42.8. The molecule has 0 unspecified atom stereocenters. The Morgan fingerprint density at radius 2 is 1.33 bits per heavy atom. The number of aryl methyl sites for hydroxylation is 1. The topological polar surface area (TPSA) is 114 Å². The van der Waals surface area contributed by atoms with Crippen LogP contribution in [0.15, 0.2) is 71.6 Å². The molecule has 2 atom stereocenters. The van der Waals surface area contributed by atoms with Gasteiger partial charge in [0.25, 0.3) is 11.8 Å². The van der Waals surface area contributed by atoms with E-state index in [4.69, 9.17) is 14.6 Å². The zero-order valence-electron chi connectivity index (χ0n) is 36.3. The molecule has 2 amide bonds. The number of carbonyl (C=O) groups excluding carboxylic acids is 2. The molecule has 0 aliphatic carbocycles. The van der Waals surface area contributed by atoms with Gasteiger partial charge in [0.05, 0.1) is 59.9 Å². The van der Waals surface area contributed by atoms with Crippen LogP contribution >= 0.6 is 15.9 Å². The van der Waals surface area contributed by atoms with Crippen LogP contribution in [0.5, 0.6) is 11.5 Å². The van der Waals surface area contributed by atoms with E-state index in [0.717, 1.165) is 97.8 Å². The van der Waals surface area contributed by atoms with E-state index >= 15 is 0 Å². The number of benzene rings is 2.